The number of hydrogen-bond acceptors (Lipinski definition) is 3. The highest BCUT2D eigenvalue weighted by Gasteiger charge is 2.22. The minimum absolute atomic E-state index is 0.0890. The Labute approximate surface area is 150 Å². The Kier molecular flexibility index (Phi) is 6.18. The summed E-state index contributed by atoms with van der Waals surface area (Å²) in [6.07, 6.45) is 6.74. The van der Waals surface area contributed by atoms with Gasteiger partial charge in [-0.15, -0.1) is 0 Å². The first-order valence-electron chi connectivity index (χ1n) is 9.24. The quantitative estimate of drug-likeness (QED) is 0.904. The number of nitrogens with one attached hydrogen (secondary N) is 1. The summed E-state index contributed by atoms with van der Waals surface area (Å²) in [6.45, 7) is 4.72. The Morgan fingerprint density at radius 2 is 1.80 bits per heavy atom. The lowest BCUT2D eigenvalue weighted by atomic mass is 10.0. The molecule has 1 fully saturated rings. The molecule has 1 aromatic carbocycles. The lowest BCUT2D eigenvalue weighted by Crippen LogP contribution is -2.39. The third kappa shape index (κ3) is 4.67. The van der Waals surface area contributed by atoms with E-state index in [1.807, 2.05) is 25.1 Å². The van der Waals surface area contributed by atoms with E-state index in [0.29, 0.717) is 12.2 Å². The van der Waals surface area contributed by atoms with E-state index in [2.05, 4.69) is 39.5 Å². The molecule has 1 aromatic heterocycles. The molecule has 4 nitrogen and oxygen atoms in total. The molecule has 1 atom stereocenters. The van der Waals surface area contributed by atoms with Crippen molar-refractivity contribution in [3.8, 4) is 0 Å². The summed E-state index contributed by atoms with van der Waals surface area (Å²) in [6, 6.07) is 14.5. The van der Waals surface area contributed by atoms with Gasteiger partial charge >= 0.3 is 0 Å². The molecule has 3 rings (SSSR count). The first-order chi connectivity index (χ1) is 12.3. The van der Waals surface area contributed by atoms with Gasteiger partial charge in [0.2, 0.25) is 0 Å². The van der Waals surface area contributed by atoms with Gasteiger partial charge in [-0.25, -0.2) is 0 Å². The van der Waals surface area contributed by atoms with E-state index in [4.69, 9.17) is 0 Å². The highest BCUT2D eigenvalue weighted by atomic mass is 16.1. The molecule has 1 N–H and O–H groups in total. The highest BCUT2D eigenvalue weighted by molar-refractivity contribution is 5.93. The van der Waals surface area contributed by atoms with Crippen molar-refractivity contribution in [2.45, 2.75) is 38.6 Å². The van der Waals surface area contributed by atoms with Crippen molar-refractivity contribution in [1.82, 2.24) is 15.2 Å². The lowest BCUT2D eigenvalue weighted by molar-refractivity contribution is 0.0927. The number of nitrogens with zero attached hydrogens (tertiary/aromatic N) is 2. The van der Waals surface area contributed by atoms with Crippen molar-refractivity contribution in [3.05, 3.63) is 65.5 Å². The Morgan fingerprint density at radius 3 is 2.48 bits per heavy atom. The van der Waals surface area contributed by atoms with E-state index < -0.39 is 0 Å². The molecular formula is C21H27N3O. The summed E-state index contributed by atoms with van der Waals surface area (Å²) in [5.41, 5.74) is 2.69. The van der Waals surface area contributed by atoms with Gasteiger partial charge in [-0.1, -0.05) is 49.2 Å². The van der Waals surface area contributed by atoms with Gasteiger partial charge in [0.15, 0.2) is 0 Å². The van der Waals surface area contributed by atoms with E-state index in [1.54, 1.807) is 6.20 Å². The van der Waals surface area contributed by atoms with Gasteiger partial charge < -0.3 is 5.32 Å². The SMILES string of the molecule is Cc1cccnc1C(=O)NCC(c1ccccc1)N1CCCCCC1. The van der Waals surface area contributed by atoms with Crippen LogP contribution in [-0.2, 0) is 0 Å². The second-order valence-electron chi connectivity index (χ2n) is 6.76. The number of carbonyl (C=O) groups is 1. The first-order valence-corrected chi connectivity index (χ1v) is 9.24. The van der Waals surface area contributed by atoms with Crippen LogP contribution in [0.5, 0.6) is 0 Å². The number of aryl methyl sites for hydroxylation is 1. The van der Waals surface area contributed by atoms with Crippen molar-refractivity contribution >= 4 is 5.91 Å². The fourth-order valence-electron chi connectivity index (χ4n) is 3.54. The maximum Gasteiger partial charge on any atom is 0.270 e. The van der Waals surface area contributed by atoms with Crippen LogP contribution in [-0.4, -0.2) is 35.4 Å². The van der Waals surface area contributed by atoms with Gasteiger partial charge in [-0.2, -0.15) is 0 Å². The van der Waals surface area contributed by atoms with Crippen LogP contribution in [0.15, 0.2) is 48.7 Å². The maximum atomic E-state index is 12.6. The normalized spacial score (nSPS) is 16.8. The number of carbonyl (C=O) groups excluding carboxylic acids is 1. The van der Waals surface area contributed by atoms with Crippen molar-refractivity contribution in [1.29, 1.82) is 0 Å². The molecular weight excluding hydrogens is 310 g/mol. The molecule has 1 aliphatic heterocycles. The number of amides is 1. The maximum absolute atomic E-state index is 12.6. The van der Waals surface area contributed by atoms with E-state index in [0.717, 1.165) is 18.7 Å². The summed E-state index contributed by atoms with van der Waals surface area (Å²) >= 11 is 0. The molecule has 0 aliphatic carbocycles. The molecule has 0 radical (unpaired) electrons. The monoisotopic (exact) mass is 337 g/mol. The molecule has 0 bridgehead atoms. The van der Waals surface area contributed by atoms with Gasteiger partial charge in [0.1, 0.15) is 5.69 Å². The fourth-order valence-corrected chi connectivity index (χ4v) is 3.54. The van der Waals surface area contributed by atoms with Crippen LogP contribution in [0.4, 0.5) is 0 Å². The van der Waals surface area contributed by atoms with Crippen LogP contribution < -0.4 is 5.32 Å². The summed E-state index contributed by atoms with van der Waals surface area (Å²) in [7, 11) is 0. The number of pyridine rings is 1. The number of likely N-dealkylation sites (tertiary alicyclic amines) is 1. The number of rotatable bonds is 5. The van der Waals surface area contributed by atoms with Crippen LogP contribution in [0.1, 0.15) is 53.3 Å². The zero-order valence-electron chi connectivity index (χ0n) is 14.9. The Balaban J connectivity index is 1.73. The molecule has 1 aliphatic rings. The molecule has 1 unspecified atom stereocenters. The fraction of sp³-hybridized carbons (Fsp3) is 0.429. The topological polar surface area (TPSA) is 45.2 Å². The molecule has 25 heavy (non-hydrogen) atoms. The van der Waals surface area contributed by atoms with E-state index >= 15 is 0 Å². The van der Waals surface area contributed by atoms with Crippen molar-refractivity contribution < 1.29 is 4.79 Å². The molecule has 1 amide bonds. The van der Waals surface area contributed by atoms with Gasteiger partial charge in [0.05, 0.1) is 6.04 Å². The van der Waals surface area contributed by atoms with Crippen molar-refractivity contribution in [3.63, 3.8) is 0 Å². The van der Waals surface area contributed by atoms with Crippen molar-refractivity contribution in [2.24, 2.45) is 0 Å². The van der Waals surface area contributed by atoms with Crippen LogP contribution in [0.3, 0.4) is 0 Å². The molecule has 0 spiro atoms. The van der Waals surface area contributed by atoms with Crippen LogP contribution in [0.2, 0.25) is 0 Å². The smallest absolute Gasteiger partial charge is 0.270 e. The number of hydrogen-bond donors (Lipinski definition) is 1. The average Bonchev–Trinajstić information content (AvgIpc) is 2.92. The van der Waals surface area contributed by atoms with Crippen molar-refractivity contribution in [2.75, 3.05) is 19.6 Å². The molecule has 0 saturated carbocycles. The van der Waals surface area contributed by atoms with Crippen LogP contribution >= 0.6 is 0 Å². The number of aromatic nitrogens is 1. The van der Waals surface area contributed by atoms with Gasteiger partial charge in [0, 0.05) is 12.7 Å². The second kappa shape index (κ2) is 8.77. The second-order valence-corrected chi connectivity index (χ2v) is 6.76. The van der Waals surface area contributed by atoms with Gasteiger partial charge in [0.25, 0.3) is 5.91 Å². The molecule has 2 aromatic rings. The molecule has 2 heterocycles. The Morgan fingerprint density at radius 1 is 1.08 bits per heavy atom. The standard InChI is InChI=1S/C21H27N3O/c1-17-10-9-13-22-20(17)21(25)23-16-19(18-11-5-4-6-12-18)24-14-7-2-3-8-15-24/h4-6,9-13,19H,2-3,7-8,14-16H2,1H3,(H,23,25). The third-order valence-corrected chi connectivity index (χ3v) is 4.95. The average molecular weight is 337 g/mol. The zero-order chi connectivity index (χ0) is 17.5. The minimum Gasteiger partial charge on any atom is -0.349 e. The minimum atomic E-state index is -0.0890. The summed E-state index contributed by atoms with van der Waals surface area (Å²) in [5.74, 6) is -0.0890. The molecule has 1 saturated heterocycles. The van der Waals surface area contributed by atoms with E-state index in [1.165, 1.54) is 31.2 Å². The van der Waals surface area contributed by atoms with Crippen LogP contribution in [0, 0.1) is 6.92 Å². The van der Waals surface area contributed by atoms with Gasteiger partial charge in [-0.05, 0) is 50.0 Å². The number of benzene rings is 1. The highest BCUT2D eigenvalue weighted by Crippen LogP contribution is 2.23. The predicted octanol–water partition coefficient (Wildman–Crippen LogP) is 3.74. The summed E-state index contributed by atoms with van der Waals surface area (Å²) < 4.78 is 0. The third-order valence-electron chi connectivity index (χ3n) is 4.95. The molecule has 132 valence electrons. The Bertz CT molecular complexity index is 679. The summed E-state index contributed by atoms with van der Waals surface area (Å²) in [5, 5.41) is 3.11. The Hall–Kier alpha value is -2.20. The van der Waals surface area contributed by atoms with E-state index in [-0.39, 0.29) is 11.9 Å². The molecule has 4 heteroatoms. The first kappa shape index (κ1) is 17.6. The van der Waals surface area contributed by atoms with E-state index in [9.17, 15) is 4.79 Å². The van der Waals surface area contributed by atoms with Crippen LogP contribution in [0.25, 0.3) is 0 Å². The van der Waals surface area contributed by atoms with Gasteiger partial charge in [-0.3, -0.25) is 14.7 Å². The zero-order valence-corrected chi connectivity index (χ0v) is 14.9. The largest absolute Gasteiger partial charge is 0.349 e. The lowest BCUT2D eigenvalue weighted by Gasteiger charge is -2.31. The predicted molar refractivity (Wildman–Crippen MR) is 101 cm³/mol. The summed E-state index contributed by atoms with van der Waals surface area (Å²) in [4.78, 5) is 19.3.